The van der Waals surface area contributed by atoms with E-state index in [4.69, 9.17) is 9.47 Å². The van der Waals surface area contributed by atoms with Crippen LogP contribution in [-0.2, 0) is 13.2 Å². The summed E-state index contributed by atoms with van der Waals surface area (Å²) in [5.74, 6) is 1.44. The van der Waals surface area contributed by atoms with Crippen LogP contribution >= 0.6 is 15.9 Å². The van der Waals surface area contributed by atoms with Crippen LogP contribution in [0.1, 0.15) is 24.5 Å². The maximum atomic E-state index is 5.89. The zero-order valence-electron chi connectivity index (χ0n) is 13.3. The lowest BCUT2D eigenvalue weighted by atomic mass is 10.2. The highest BCUT2D eigenvalue weighted by Crippen LogP contribution is 2.37. The SMILES string of the molecule is CCCNCc1cc(Br)c(OCc2cccnc2)c(OC)c1.[Cl-]. The predicted octanol–water partition coefficient (Wildman–Crippen LogP) is 0.935. The van der Waals surface area contributed by atoms with E-state index >= 15 is 0 Å². The Kier molecular flexibility index (Phi) is 8.99. The quantitative estimate of drug-likeness (QED) is 0.670. The van der Waals surface area contributed by atoms with Gasteiger partial charge in [-0.05, 0) is 52.7 Å². The van der Waals surface area contributed by atoms with Gasteiger partial charge in [-0.2, -0.15) is 0 Å². The third kappa shape index (κ3) is 6.01. The molecule has 0 saturated heterocycles. The Balaban J connectivity index is 0.00000264. The van der Waals surface area contributed by atoms with Crippen molar-refractivity contribution in [2.24, 2.45) is 0 Å². The molecule has 0 radical (unpaired) electrons. The summed E-state index contributed by atoms with van der Waals surface area (Å²) in [4.78, 5) is 4.09. The van der Waals surface area contributed by atoms with Gasteiger partial charge in [-0.3, -0.25) is 4.98 Å². The Bertz CT molecular complexity index is 597. The third-order valence-corrected chi connectivity index (χ3v) is 3.74. The first-order valence-corrected chi connectivity index (χ1v) is 8.12. The Morgan fingerprint density at radius 3 is 2.74 bits per heavy atom. The molecule has 0 atom stereocenters. The van der Waals surface area contributed by atoms with E-state index < -0.39 is 0 Å². The number of pyridine rings is 1. The molecule has 0 aliphatic heterocycles. The van der Waals surface area contributed by atoms with Crippen molar-refractivity contribution in [3.05, 3.63) is 52.3 Å². The van der Waals surface area contributed by atoms with Gasteiger partial charge in [0.1, 0.15) is 6.61 Å². The topological polar surface area (TPSA) is 43.4 Å². The van der Waals surface area contributed by atoms with Crippen molar-refractivity contribution in [3.63, 3.8) is 0 Å². The fraction of sp³-hybridized carbons (Fsp3) is 0.353. The van der Waals surface area contributed by atoms with E-state index in [9.17, 15) is 0 Å². The molecule has 126 valence electrons. The standard InChI is InChI=1S/C17H21BrN2O2.ClH/c1-3-6-19-11-14-8-15(18)17(16(9-14)21-2)22-12-13-5-4-7-20-10-13;/h4-5,7-10,19H,3,6,11-12H2,1-2H3;1H/p-1. The molecule has 6 heteroatoms. The number of aromatic nitrogens is 1. The van der Waals surface area contributed by atoms with Crippen LogP contribution in [0.25, 0.3) is 0 Å². The highest BCUT2D eigenvalue weighted by Gasteiger charge is 2.12. The normalized spacial score (nSPS) is 10.0. The Morgan fingerprint density at radius 1 is 1.26 bits per heavy atom. The molecule has 2 rings (SSSR count). The highest BCUT2D eigenvalue weighted by atomic mass is 79.9. The number of nitrogens with zero attached hydrogens (tertiary/aromatic N) is 1. The number of ether oxygens (including phenoxy) is 2. The Hall–Kier alpha value is -1.30. The summed E-state index contributed by atoms with van der Waals surface area (Å²) < 4.78 is 12.2. The van der Waals surface area contributed by atoms with E-state index in [1.165, 1.54) is 0 Å². The van der Waals surface area contributed by atoms with Gasteiger partial charge in [0.15, 0.2) is 11.5 Å². The number of hydrogen-bond donors (Lipinski definition) is 1. The molecule has 4 nitrogen and oxygen atoms in total. The number of hydrogen-bond acceptors (Lipinski definition) is 4. The number of methoxy groups -OCH3 is 1. The molecule has 0 aliphatic rings. The summed E-state index contributed by atoms with van der Waals surface area (Å²) in [5.41, 5.74) is 2.18. The molecular formula is C17H21BrClN2O2-. The maximum absolute atomic E-state index is 5.89. The fourth-order valence-corrected chi connectivity index (χ4v) is 2.67. The summed E-state index contributed by atoms with van der Waals surface area (Å²) in [6.07, 6.45) is 4.66. The van der Waals surface area contributed by atoms with Gasteiger partial charge < -0.3 is 27.2 Å². The van der Waals surface area contributed by atoms with Crippen molar-refractivity contribution < 1.29 is 21.9 Å². The van der Waals surface area contributed by atoms with Gasteiger partial charge in [-0.15, -0.1) is 0 Å². The van der Waals surface area contributed by atoms with E-state index in [-0.39, 0.29) is 12.4 Å². The first-order valence-electron chi connectivity index (χ1n) is 7.33. The van der Waals surface area contributed by atoms with Crippen molar-refractivity contribution in [1.82, 2.24) is 10.3 Å². The molecule has 0 spiro atoms. The zero-order valence-corrected chi connectivity index (χ0v) is 15.7. The van der Waals surface area contributed by atoms with Crippen molar-refractivity contribution in [2.45, 2.75) is 26.5 Å². The summed E-state index contributed by atoms with van der Waals surface area (Å²) in [7, 11) is 1.65. The van der Waals surface area contributed by atoms with Crippen LogP contribution in [-0.4, -0.2) is 18.6 Å². The molecule has 23 heavy (non-hydrogen) atoms. The monoisotopic (exact) mass is 399 g/mol. The minimum atomic E-state index is 0. The van der Waals surface area contributed by atoms with Crippen LogP contribution in [0.2, 0.25) is 0 Å². The van der Waals surface area contributed by atoms with Gasteiger partial charge in [-0.1, -0.05) is 13.0 Å². The second-order valence-electron chi connectivity index (χ2n) is 4.94. The molecule has 0 unspecified atom stereocenters. The molecule has 0 aliphatic carbocycles. The van der Waals surface area contributed by atoms with Crippen molar-refractivity contribution >= 4 is 15.9 Å². The van der Waals surface area contributed by atoms with E-state index in [2.05, 4.69) is 39.2 Å². The van der Waals surface area contributed by atoms with E-state index in [0.717, 1.165) is 40.9 Å². The van der Waals surface area contributed by atoms with E-state index in [0.29, 0.717) is 12.4 Å². The number of rotatable bonds is 8. The second-order valence-corrected chi connectivity index (χ2v) is 5.79. The summed E-state index contributed by atoms with van der Waals surface area (Å²) in [6.45, 7) is 4.42. The first-order chi connectivity index (χ1) is 10.7. The predicted molar refractivity (Wildman–Crippen MR) is 91.3 cm³/mol. The lowest BCUT2D eigenvalue weighted by Gasteiger charge is -2.14. The molecule has 0 bridgehead atoms. The van der Waals surface area contributed by atoms with Gasteiger partial charge >= 0.3 is 0 Å². The molecule has 1 N–H and O–H groups in total. The summed E-state index contributed by atoms with van der Waals surface area (Å²) >= 11 is 3.57. The second kappa shape index (κ2) is 10.5. The first kappa shape index (κ1) is 19.7. The molecule has 1 aromatic heterocycles. The highest BCUT2D eigenvalue weighted by molar-refractivity contribution is 9.10. The number of benzene rings is 1. The largest absolute Gasteiger partial charge is 1.00 e. The van der Waals surface area contributed by atoms with Crippen LogP contribution in [0.3, 0.4) is 0 Å². The Labute approximate surface area is 152 Å². The van der Waals surface area contributed by atoms with Gasteiger partial charge in [0.25, 0.3) is 0 Å². The van der Waals surface area contributed by atoms with Gasteiger partial charge in [0.05, 0.1) is 11.6 Å². The average Bonchev–Trinajstić information content (AvgIpc) is 2.54. The Morgan fingerprint density at radius 2 is 2.09 bits per heavy atom. The van der Waals surface area contributed by atoms with E-state index in [1.807, 2.05) is 18.2 Å². The van der Waals surface area contributed by atoms with Crippen molar-refractivity contribution in [1.29, 1.82) is 0 Å². The van der Waals surface area contributed by atoms with Crippen LogP contribution in [0.5, 0.6) is 11.5 Å². The molecule has 1 aromatic carbocycles. The van der Waals surface area contributed by atoms with E-state index in [1.54, 1.807) is 19.5 Å². The average molecular weight is 401 g/mol. The lowest BCUT2D eigenvalue weighted by Crippen LogP contribution is -3.00. The molecular weight excluding hydrogens is 380 g/mol. The van der Waals surface area contributed by atoms with Crippen molar-refractivity contribution in [2.75, 3.05) is 13.7 Å². The van der Waals surface area contributed by atoms with Crippen LogP contribution < -0.4 is 27.2 Å². The lowest BCUT2D eigenvalue weighted by molar-refractivity contribution is -0.00000509. The fourth-order valence-electron chi connectivity index (χ4n) is 2.06. The van der Waals surface area contributed by atoms with Gasteiger partial charge in [-0.25, -0.2) is 0 Å². The van der Waals surface area contributed by atoms with Gasteiger partial charge in [0.2, 0.25) is 0 Å². The molecule has 0 fully saturated rings. The summed E-state index contributed by atoms with van der Waals surface area (Å²) in [5, 5.41) is 3.38. The molecule has 1 heterocycles. The number of nitrogens with one attached hydrogen (secondary N) is 1. The van der Waals surface area contributed by atoms with Crippen LogP contribution in [0, 0.1) is 0 Å². The summed E-state index contributed by atoms with van der Waals surface area (Å²) in [6, 6.07) is 7.94. The van der Waals surface area contributed by atoms with Crippen LogP contribution in [0.4, 0.5) is 0 Å². The van der Waals surface area contributed by atoms with Crippen molar-refractivity contribution in [3.8, 4) is 11.5 Å². The third-order valence-electron chi connectivity index (χ3n) is 3.15. The molecule has 0 saturated carbocycles. The smallest absolute Gasteiger partial charge is 0.175 e. The molecule has 0 amide bonds. The minimum Gasteiger partial charge on any atom is -1.00 e. The van der Waals surface area contributed by atoms with Crippen LogP contribution in [0.15, 0.2) is 41.1 Å². The van der Waals surface area contributed by atoms with Gasteiger partial charge in [0, 0.05) is 24.5 Å². The number of halogens is 2. The molecule has 2 aromatic rings. The maximum Gasteiger partial charge on any atom is 0.175 e. The minimum absolute atomic E-state index is 0. The zero-order chi connectivity index (χ0) is 15.8.